The Morgan fingerprint density at radius 2 is 2.25 bits per heavy atom. The molecule has 0 bridgehead atoms. The maximum atomic E-state index is 11.0. The van der Waals surface area contributed by atoms with Crippen LogP contribution in [0.15, 0.2) is 21.9 Å². The maximum absolute atomic E-state index is 11.0. The second kappa shape index (κ2) is 2.96. The second-order valence-corrected chi connectivity index (χ2v) is 2.07. The molecule has 0 saturated carbocycles. The van der Waals surface area contributed by atoms with Crippen molar-refractivity contribution in [3.8, 4) is 12.3 Å². The Bertz CT molecular complexity index is 435. The fourth-order valence-electron chi connectivity index (χ4n) is 0.743. The van der Waals surface area contributed by atoms with Gasteiger partial charge in [-0.15, -0.1) is 11.2 Å². The lowest BCUT2D eigenvalue weighted by atomic mass is 10.6. The molecule has 5 heteroatoms. The fraction of sp³-hybridized carbons (Fsp3) is 0.143. The third-order valence-corrected chi connectivity index (χ3v) is 1.30. The molecule has 0 saturated heterocycles. The number of terminal acetylenes is 1. The molecule has 0 atom stereocenters. The minimum absolute atomic E-state index is 0.140. The van der Waals surface area contributed by atoms with Gasteiger partial charge < -0.3 is 5.21 Å². The lowest BCUT2D eigenvalue weighted by Gasteiger charge is -1.99. The lowest BCUT2D eigenvalue weighted by Crippen LogP contribution is -2.37. The summed E-state index contributed by atoms with van der Waals surface area (Å²) in [6.45, 7) is -0.140. The fourth-order valence-corrected chi connectivity index (χ4v) is 0.743. The van der Waals surface area contributed by atoms with Gasteiger partial charge in [-0.3, -0.25) is 4.79 Å². The first-order valence-corrected chi connectivity index (χ1v) is 3.12. The zero-order chi connectivity index (χ0) is 9.14. The van der Waals surface area contributed by atoms with Gasteiger partial charge in [-0.2, -0.15) is 0 Å². The summed E-state index contributed by atoms with van der Waals surface area (Å²) in [5, 5.41) is 8.83. The Labute approximate surface area is 67.5 Å². The molecule has 0 aromatic carbocycles. The van der Waals surface area contributed by atoms with Gasteiger partial charge in [-0.25, -0.2) is 9.36 Å². The normalized spacial score (nSPS) is 9.25. The summed E-state index contributed by atoms with van der Waals surface area (Å²) in [5.41, 5.74) is -1.36. The van der Waals surface area contributed by atoms with Crippen LogP contribution in [-0.4, -0.2) is 14.5 Å². The Morgan fingerprint density at radius 1 is 1.58 bits per heavy atom. The largest absolute Gasteiger partial charge is 0.424 e. The van der Waals surface area contributed by atoms with E-state index in [1.54, 1.807) is 0 Å². The number of aromatic nitrogens is 2. The van der Waals surface area contributed by atoms with Crippen LogP contribution in [-0.2, 0) is 6.54 Å². The molecular weight excluding hydrogens is 160 g/mol. The molecular formula is C7H6N2O3. The SMILES string of the molecule is C#CCn1c(=O)ccn(O)c1=O. The zero-order valence-electron chi connectivity index (χ0n) is 6.10. The van der Waals surface area contributed by atoms with Crippen molar-refractivity contribution in [2.75, 3.05) is 0 Å². The average molecular weight is 166 g/mol. The van der Waals surface area contributed by atoms with Crippen molar-refractivity contribution in [1.82, 2.24) is 9.30 Å². The predicted octanol–water partition coefficient (Wildman–Crippen LogP) is -1.12. The average Bonchev–Trinajstić information content (AvgIpc) is 2.06. The highest BCUT2D eigenvalue weighted by molar-refractivity contribution is 4.91. The number of nitrogens with zero attached hydrogens (tertiary/aromatic N) is 2. The van der Waals surface area contributed by atoms with E-state index in [-0.39, 0.29) is 6.54 Å². The first kappa shape index (κ1) is 8.14. The molecule has 1 heterocycles. The van der Waals surface area contributed by atoms with E-state index in [1.165, 1.54) is 0 Å². The minimum Gasteiger partial charge on any atom is -0.424 e. The third kappa shape index (κ3) is 1.22. The molecule has 1 N–H and O–H groups in total. The third-order valence-electron chi connectivity index (χ3n) is 1.30. The van der Waals surface area contributed by atoms with Crippen LogP contribution in [0.4, 0.5) is 0 Å². The van der Waals surface area contributed by atoms with Crippen LogP contribution < -0.4 is 11.2 Å². The second-order valence-electron chi connectivity index (χ2n) is 2.07. The summed E-state index contributed by atoms with van der Waals surface area (Å²) in [5.74, 6) is 2.13. The molecule has 0 fully saturated rings. The highest BCUT2D eigenvalue weighted by Crippen LogP contribution is 1.71. The van der Waals surface area contributed by atoms with E-state index in [2.05, 4.69) is 5.92 Å². The van der Waals surface area contributed by atoms with Gasteiger partial charge in [-0.05, 0) is 0 Å². The van der Waals surface area contributed by atoms with Gasteiger partial charge in [0.15, 0.2) is 0 Å². The predicted molar refractivity (Wildman–Crippen MR) is 41.0 cm³/mol. The molecule has 0 radical (unpaired) electrons. The topological polar surface area (TPSA) is 64.2 Å². The molecule has 0 amide bonds. The van der Waals surface area contributed by atoms with Gasteiger partial charge in [0.2, 0.25) is 0 Å². The standard InChI is InChI=1S/C7H6N2O3/c1-2-4-8-6(10)3-5-9(12)7(8)11/h1,3,5,12H,4H2. The Hall–Kier alpha value is -1.96. The van der Waals surface area contributed by atoms with Crippen LogP contribution in [0.5, 0.6) is 0 Å². The van der Waals surface area contributed by atoms with Crippen molar-refractivity contribution in [3.63, 3.8) is 0 Å². The van der Waals surface area contributed by atoms with Crippen molar-refractivity contribution in [2.24, 2.45) is 0 Å². The van der Waals surface area contributed by atoms with E-state index in [9.17, 15) is 9.59 Å². The molecule has 5 nitrogen and oxygen atoms in total. The van der Waals surface area contributed by atoms with Crippen molar-refractivity contribution in [2.45, 2.75) is 6.54 Å². The smallest absolute Gasteiger partial charge is 0.364 e. The first-order valence-electron chi connectivity index (χ1n) is 3.12. The van der Waals surface area contributed by atoms with E-state index < -0.39 is 11.2 Å². The monoisotopic (exact) mass is 166 g/mol. The van der Waals surface area contributed by atoms with Crippen molar-refractivity contribution >= 4 is 0 Å². The van der Waals surface area contributed by atoms with Crippen LogP contribution in [0.3, 0.4) is 0 Å². The van der Waals surface area contributed by atoms with E-state index in [1.807, 2.05) is 0 Å². The summed E-state index contributed by atoms with van der Waals surface area (Å²) in [6.07, 6.45) is 5.88. The molecule has 1 aromatic rings. The van der Waals surface area contributed by atoms with Crippen LogP contribution >= 0.6 is 0 Å². The van der Waals surface area contributed by atoms with Gasteiger partial charge in [0.25, 0.3) is 5.56 Å². The molecule has 0 aliphatic carbocycles. The van der Waals surface area contributed by atoms with Crippen LogP contribution in [0.25, 0.3) is 0 Å². The number of hydrogen-bond acceptors (Lipinski definition) is 3. The molecule has 62 valence electrons. The summed E-state index contributed by atoms with van der Waals surface area (Å²) in [6, 6.07) is 1.05. The van der Waals surface area contributed by atoms with E-state index in [0.29, 0.717) is 4.73 Å². The summed E-state index contributed by atoms with van der Waals surface area (Å²) < 4.78 is 1.05. The molecule has 0 spiro atoms. The van der Waals surface area contributed by atoms with Crippen LogP contribution in [0.1, 0.15) is 0 Å². The first-order chi connectivity index (χ1) is 5.66. The molecule has 1 aromatic heterocycles. The Kier molecular flexibility index (Phi) is 2.01. The molecule has 0 aliphatic rings. The van der Waals surface area contributed by atoms with Crippen LogP contribution in [0, 0.1) is 12.3 Å². The van der Waals surface area contributed by atoms with E-state index in [4.69, 9.17) is 11.6 Å². The van der Waals surface area contributed by atoms with Gasteiger partial charge >= 0.3 is 5.69 Å². The van der Waals surface area contributed by atoms with Gasteiger partial charge in [-0.1, -0.05) is 5.92 Å². The quantitative estimate of drug-likeness (QED) is 0.424. The maximum Gasteiger partial charge on any atom is 0.364 e. The minimum atomic E-state index is -0.833. The molecule has 12 heavy (non-hydrogen) atoms. The van der Waals surface area contributed by atoms with E-state index >= 15 is 0 Å². The van der Waals surface area contributed by atoms with Crippen molar-refractivity contribution in [1.29, 1.82) is 0 Å². The van der Waals surface area contributed by atoms with Crippen molar-refractivity contribution < 1.29 is 5.21 Å². The highest BCUT2D eigenvalue weighted by atomic mass is 16.5. The highest BCUT2D eigenvalue weighted by Gasteiger charge is 2.00. The number of rotatable bonds is 1. The van der Waals surface area contributed by atoms with Crippen molar-refractivity contribution in [3.05, 3.63) is 33.1 Å². The van der Waals surface area contributed by atoms with E-state index in [0.717, 1.165) is 16.8 Å². The summed E-state index contributed by atoms with van der Waals surface area (Å²) in [4.78, 5) is 21.9. The molecule has 1 rings (SSSR count). The van der Waals surface area contributed by atoms with Crippen LogP contribution in [0.2, 0.25) is 0 Å². The Balaban J connectivity index is 3.46. The number of hydrogen-bond donors (Lipinski definition) is 1. The lowest BCUT2D eigenvalue weighted by molar-refractivity contribution is 0.164. The zero-order valence-corrected chi connectivity index (χ0v) is 6.10. The summed E-state index contributed by atoms with van der Waals surface area (Å²) in [7, 11) is 0. The van der Waals surface area contributed by atoms with Gasteiger partial charge in [0.1, 0.15) is 0 Å². The summed E-state index contributed by atoms with van der Waals surface area (Å²) >= 11 is 0. The molecule has 0 unspecified atom stereocenters. The Morgan fingerprint density at radius 3 is 2.83 bits per heavy atom. The van der Waals surface area contributed by atoms with Gasteiger partial charge in [0, 0.05) is 6.07 Å². The molecule has 0 aliphatic heterocycles. The van der Waals surface area contributed by atoms with Gasteiger partial charge in [0.05, 0.1) is 12.7 Å².